The largest absolute Gasteiger partial charge is 0.438 e. The van der Waals surface area contributed by atoms with Gasteiger partial charge in [0, 0.05) is 23.2 Å². The Morgan fingerprint density at radius 2 is 1.83 bits per heavy atom. The Balaban J connectivity index is 1.58. The number of amides is 1. The fourth-order valence-corrected chi connectivity index (χ4v) is 3.25. The predicted molar refractivity (Wildman–Crippen MR) is 135 cm³/mol. The number of nitrogens with one attached hydrogen (secondary N) is 2. The van der Waals surface area contributed by atoms with Gasteiger partial charge in [0.2, 0.25) is 17.7 Å². The van der Waals surface area contributed by atoms with Gasteiger partial charge in [-0.1, -0.05) is 30.7 Å². The highest BCUT2D eigenvalue weighted by molar-refractivity contribution is 6.30. The van der Waals surface area contributed by atoms with Crippen molar-refractivity contribution in [3.8, 4) is 17.7 Å². The van der Waals surface area contributed by atoms with E-state index < -0.39 is 5.56 Å². The van der Waals surface area contributed by atoms with Crippen LogP contribution in [-0.4, -0.2) is 25.7 Å². The average Bonchev–Trinajstić information content (AvgIpc) is 2.90. The Labute approximate surface area is 211 Å². The van der Waals surface area contributed by atoms with Gasteiger partial charge in [0.05, 0.1) is 12.7 Å². The summed E-state index contributed by atoms with van der Waals surface area (Å²) in [6.45, 7) is 1.91. The molecule has 0 saturated heterocycles. The van der Waals surface area contributed by atoms with E-state index in [0.717, 1.165) is 5.56 Å². The van der Waals surface area contributed by atoms with E-state index in [1.807, 2.05) is 18.2 Å². The molecule has 0 bridgehead atoms. The van der Waals surface area contributed by atoms with Crippen molar-refractivity contribution in [2.45, 2.75) is 19.9 Å². The van der Waals surface area contributed by atoms with Crippen LogP contribution in [0.15, 0.2) is 71.7 Å². The van der Waals surface area contributed by atoms with Gasteiger partial charge in [-0.15, -0.1) is 10.2 Å². The normalized spacial score (nSPS) is 10.4. The second kappa shape index (κ2) is 11.1. The first kappa shape index (κ1) is 24.4. The number of halogens is 1. The third-order valence-corrected chi connectivity index (χ3v) is 5.24. The van der Waals surface area contributed by atoms with Crippen LogP contribution in [0.25, 0.3) is 0 Å². The lowest BCUT2D eigenvalue weighted by atomic mass is 10.2. The number of hydrogen-bond donors (Lipinski definition) is 2. The minimum absolute atomic E-state index is 0.0913. The molecule has 0 atom stereocenters. The van der Waals surface area contributed by atoms with Crippen molar-refractivity contribution in [3.63, 3.8) is 0 Å². The van der Waals surface area contributed by atoms with Crippen LogP contribution in [0.4, 0.5) is 17.3 Å². The van der Waals surface area contributed by atoms with E-state index in [4.69, 9.17) is 21.6 Å². The van der Waals surface area contributed by atoms with Crippen molar-refractivity contribution in [1.82, 2.24) is 19.7 Å². The monoisotopic (exact) mass is 501 g/mol. The number of carbonyl (C=O) groups excluding carboxylic acids is 1. The minimum atomic E-state index is -0.399. The molecular weight excluding hydrogens is 482 g/mol. The zero-order valence-corrected chi connectivity index (χ0v) is 19.9. The van der Waals surface area contributed by atoms with Crippen molar-refractivity contribution in [2.24, 2.45) is 0 Å². The van der Waals surface area contributed by atoms with Gasteiger partial charge in [-0.3, -0.25) is 14.2 Å². The van der Waals surface area contributed by atoms with Crippen LogP contribution in [0.5, 0.6) is 11.6 Å². The number of anilines is 3. The topological polar surface area (TPSA) is 135 Å². The molecule has 0 aliphatic rings. The van der Waals surface area contributed by atoms with Crippen LogP contribution < -0.4 is 20.9 Å². The number of hydrogen-bond acceptors (Lipinski definition) is 8. The molecule has 1 amide bonds. The summed E-state index contributed by atoms with van der Waals surface area (Å²) in [7, 11) is 0. The van der Waals surface area contributed by atoms with Gasteiger partial charge in [-0.05, 0) is 48.0 Å². The van der Waals surface area contributed by atoms with E-state index in [0.29, 0.717) is 16.5 Å². The van der Waals surface area contributed by atoms with Gasteiger partial charge >= 0.3 is 0 Å². The van der Waals surface area contributed by atoms with Crippen molar-refractivity contribution < 1.29 is 9.53 Å². The van der Waals surface area contributed by atoms with Crippen LogP contribution in [0.1, 0.15) is 24.6 Å². The molecule has 180 valence electrons. The van der Waals surface area contributed by atoms with E-state index in [-0.39, 0.29) is 42.1 Å². The Hall–Kier alpha value is -4.75. The standard InChI is InChI=1S/C25H20ClN7O3/c1-2-22(34)30-21-14-28-25(33(24(21)35)15-16-3-5-17(26)6-4-16)29-18-7-10-20(11-8-18)36-23-12-9-19(13-27)31-32-23/h3-12,14H,2,15H2,1H3,(H,28,29)(H,30,34). The van der Waals surface area contributed by atoms with E-state index in [2.05, 4.69) is 25.8 Å². The molecule has 2 aromatic heterocycles. The molecule has 10 nitrogen and oxygen atoms in total. The predicted octanol–water partition coefficient (Wildman–Crippen LogP) is 4.49. The number of nitrogens with zero attached hydrogens (tertiary/aromatic N) is 5. The first-order chi connectivity index (χ1) is 17.4. The molecular formula is C25H20ClN7O3. The smallest absolute Gasteiger partial charge is 0.279 e. The van der Waals surface area contributed by atoms with Gasteiger partial charge in [-0.25, -0.2) is 4.98 Å². The quantitative estimate of drug-likeness (QED) is 0.360. The van der Waals surface area contributed by atoms with Crippen molar-refractivity contribution in [1.29, 1.82) is 5.26 Å². The lowest BCUT2D eigenvalue weighted by Crippen LogP contribution is -2.28. The van der Waals surface area contributed by atoms with Crippen molar-refractivity contribution >= 4 is 34.8 Å². The highest BCUT2D eigenvalue weighted by atomic mass is 35.5. The first-order valence-electron chi connectivity index (χ1n) is 10.9. The number of benzene rings is 2. The summed E-state index contributed by atoms with van der Waals surface area (Å²) in [5, 5.41) is 22.7. The lowest BCUT2D eigenvalue weighted by molar-refractivity contribution is -0.115. The summed E-state index contributed by atoms with van der Waals surface area (Å²) >= 11 is 5.99. The zero-order valence-electron chi connectivity index (χ0n) is 19.1. The maximum atomic E-state index is 13.2. The van der Waals surface area contributed by atoms with Crippen LogP contribution >= 0.6 is 11.6 Å². The maximum absolute atomic E-state index is 13.2. The zero-order chi connectivity index (χ0) is 25.5. The fraction of sp³-hybridized carbons (Fsp3) is 0.120. The third kappa shape index (κ3) is 6.02. The lowest BCUT2D eigenvalue weighted by Gasteiger charge is -2.16. The second-order valence-electron chi connectivity index (χ2n) is 7.54. The molecule has 0 aliphatic carbocycles. The van der Waals surface area contributed by atoms with Gasteiger partial charge in [0.25, 0.3) is 5.56 Å². The van der Waals surface area contributed by atoms with Gasteiger partial charge in [-0.2, -0.15) is 5.26 Å². The Kier molecular flexibility index (Phi) is 7.53. The number of carbonyl (C=O) groups is 1. The van der Waals surface area contributed by atoms with Crippen molar-refractivity contribution in [3.05, 3.63) is 93.5 Å². The molecule has 4 aromatic rings. The average molecular weight is 502 g/mol. The molecule has 0 unspecified atom stereocenters. The summed E-state index contributed by atoms with van der Waals surface area (Å²) in [6.07, 6.45) is 1.57. The van der Waals surface area contributed by atoms with Crippen LogP contribution in [0.3, 0.4) is 0 Å². The summed E-state index contributed by atoms with van der Waals surface area (Å²) in [5.74, 6) is 0.757. The molecule has 0 radical (unpaired) electrons. The molecule has 36 heavy (non-hydrogen) atoms. The highest BCUT2D eigenvalue weighted by Gasteiger charge is 2.13. The van der Waals surface area contributed by atoms with E-state index >= 15 is 0 Å². The van der Waals surface area contributed by atoms with Gasteiger partial charge < -0.3 is 15.4 Å². The Morgan fingerprint density at radius 1 is 1.08 bits per heavy atom. The third-order valence-electron chi connectivity index (χ3n) is 4.98. The molecule has 11 heteroatoms. The molecule has 0 fully saturated rings. The minimum Gasteiger partial charge on any atom is -0.438 e. The molecule has 0 saturated carbocycles. The first-order valence-corrected chi connectivity index (χ1v) is 11.3. The van der Waals surface area contributed by atoms with E-state index in [1.54, 1.807) is 49.4 Å². The summed E-state index contributed by atoms with van der Waals surface area (Å²) in [4.78, 5) is 29.4. The molecule has 2 aromatic carbocycles. The second-order valence-corrected chi connectivity index (χ2v) is 7.97. The number of aromatic nitrogens is 4. The fourth-order valence-electron chi connectivity index (χ4n) is 3.13. The summed E-state index contributed by atoms with van der Waals surface area (Å²) in [5.41, 5.74) is 1.37. The SMILES string of the molecule is CCC(=O)Nc1cnc(Nc2ccc(Oc3ccc(C#N)nn3)cc2)n(Cc2ccc(Cl)cc2)c1=O. The molecule has 2 N–H and O–H groups in total. The summed E-state index contributed by atoms with van der Waals surface area (Å²) < 4.78 is 7.08. The van der Waals surface area contributed by atoms with Gasteiger partial charge in [0.1, 0.15) is 17.5 Å². The van der Waals surface area contributed by atoms with Crippen LogP contribution in [-0.2, 0) is 11.3 Å². The Morgan fingerprint density at radius 3 is 2.47 bits per heavy atom. The Bertz CT molecular complexity index is 1460. The van der Waals surface area contributed by atoms with Gasteiger partial charge in [0.15, 0.2) is 5.69 Å². The van der Waals surface area contributed by atoms with Crippen LogP contribution in [0.2, 0.25) is 5.02 Å². The molecule has 2 heterocycles. The van der Waals surface area contributed by atoms with E-state index in [9.17, 15) is 9.59 Å². The van der Waals surface area contributed by atoms with Crippen LogP contribution in [0, 0.1) is 11.3 Å². The number of nitriles is 1. The summed E-state index contributed by atoms with van der Waals surface area (Å²) in [6, 6.07) is 19.0. The number of ether oxygens (including phenoxy) is 1. The molecule has 0 aliphatic heterocycles. The number of rotatable bonds is 8. The van der Waals surface area contributed by atoms with Crippen molar-refractivity contribution in [2.75, 3.05) is 10.6 Å². The molecule has 0 spiro atoms. The van der Waals surface area contributed by atoms with E-state index in [1.165, 1.54) is 16.8 Å². The highest BCUT2D eigenvalue weighted by Crippen LogP contribution is 2.23. The maximum Gasteiger partial charge on any atom is 0.279 e. The molecule has 4 rings (SSSR count).